The van der Waals surface area contributed by atoms with Gasteiger partial charge in [-0.15, -0.1) is 0 Å². The summed E-state index contributed by atoms with van der Waals surface area (Å²) in [6, 6.07) is 17.2. The first kappa shape index (κ1) is 14.1. The first-order valence-electron chi connectivity index (χ1n) is 7.26. The van der Waals surface area contributed by atoms with E-state index >= 15 is 0 Å². The molecule has 2 aromatic carbocycles. The molecule has 0 fully saturated rings. The van der Waals surface area contributed by atoms with Crippen LogP contribution in [0.15, 0.2) is 54.6 Å². The van der Waals surface area contributed by atoms with Crippen LogP contribution >= 0.6 is 0 Å². The Bertz CT molecular complexity index is 825. The lowest BCUT2D eigenvalue weighted by Gasteiger charge is -2.06. The van der Waals surface area contributed by atoms with Gasteiger partial charge < -0.3 is 9.84 Å². The van der Waals surface area contributed by atoms with Gasteiger partial charge in [-0.2, -0.15) is 0 Å². The van der Waals surface area contributed by atoms with Gasteiger partial charge >= 0.3 is 0 Å². The van der Waals surface area contributed by atoms with Crippen LogP contribution in [0.5, 0.6) is 11.5 Å². The number of phenols is 1. The van der Waals surface area contributed by atoms with E-state index in [0.717, 1.165) is 22.4 Å². The molecule has 22 heavy (non-hydrogen) atoms. The molecule has 0 saturated carbocycles. The first-order valence-corrected chi connectivity index (χ1v) is 7.26. The standard InChI is InChI=1S/C19H17NO2/c1-2-22-18-9-4-3-6-14(18)10-12-16-13-11-15-7-5-8-17(21)19(15)20-16/h3-13,21H,2H2,1H3. The van der Waals surface area contributed by atoms with Crippen molar-refractivity contribution in [2.75, 3.05) is 6.61 Å². The van der Waals surface area contributed by atoms with E-state index in [2.05, 4.69) is 4.98 Å². The van der Waals surface area contributed by atoms with Crippen LogP contribution in [-0.4, -0.2) is 16.7 Å². The van der Waals surface area contributed by atoms with Crippen molar-refractivity contribution in [1.29, 1.82) is 0 Å². The molecule has 110 valence electrons. The topological polar surface area (TPSA) is 42.4 Å². The van der Waals surface area contributed by atoms with E-state index in [0.29, 0.717) is 12.1 Å². The summed E-state index contributed by atoms with van der Waals surface area (Å²) in [4.78, 5) is 4.49. The molecule has 0 atom stereocenters. The number of hydrogen-bond donors (Lipinski definition) is 1. The number of pyridine rings is 1. The Labute approximate surface area is 129 Å². The van der Waals surface area contributed by atoms with Crippen LogP contribution in [0.4, 0.5) is 0 Å². The molecule has 0 aliphatic carbocycles. The second-order valence-electron chi connectivity index (χ2n) is 4.89. The second kappa shape index (κ2) is 6.31. The number of rotatable bonds is 4. The fourth-order valence-corrected chi connectivity index (χ4v) is 2.32. The van der Waals surface area contributed by atoms with Crippen molar-refractivity contribution in [3.05, 3.63) is 65.9 Å². The van der Waals surface area contributed by atoms with Crippen LogP contribution in [0.3, 0.4) is 0 Å². The minimum Gasteiger partial charge on any atom is -0.506 e. The lowest BCUT2D eigenvalue weighted by molar-refractivity contribution is 0.339. The summed E-state index contributed by atoms with van der Waals surface area (Å²) < 4.78 is 5.60. The highest BCUT2D eigenvalue weighted by atomic mass is 16.5. The maximum absolute atomic E-state index is 9.89. The van der Waals surface area contributed by atoms with E-state index in [1.165, 1.54) is 0 Å². The number of hydrogen-bond acceptors (Lipinski definition) is 3. The molecule has 3 nitrogen and oxygen atoms in total. The van der Waals surface area contributed by atoms with Crippen molar-refractivity contribution in [2.45, 2.75) is 6.92 Å². The quantitative estimate of drug-likeness (QED) is 0.769. The number of fused-ring (bicyclic) bond motifs is 1. The average molecular weight is 291 g/mol. The Morgan fingerprint density at radius 2 is 1.86 bits per heavy atom. The molecule has 0 saturated heterocycles. The van der Waals surface area contributed by atoms with E-state index < -0.39 is 0 Å². The molecule has 3 rings (SSSR count). The van der Waals surface area contributed by atoms with Crippen LogP contribution < -0.4 is 4.74 Å². The third-order valence-electron chi connectivity index (χ3n) is 3.37. The van der Waals surface area contributed by atoms with Crippen LogP contribution in [0, 0.1) is 0 Å². The molecule has 0 aliphatic rings. The molecule has 3 aromatic rings. The first-order chi connectivity index (χ1) is 10.8. The second-order valence-corrected chi connectivity index (χ2v) is 4.89. The summed E-state index contributed by atoms with van der Waals surface area (Å²) >= 11 is 0. The lowest BCUT2D eigenvalue weighted by atomic mass is 10.1. The molecule has 1 heterocycles. The number of ether oxygens (including phenoxy) is 1. The van der Waals surface area contributed by atoms with Crippen molar-refractivity contribution < 1.29 is 9.84 Å². The van der Waals surface area contributed by atoms with Gasteiger partial charge in [0.05, 0.1) is 12.3 Å². The maximum Gasteiger partial charge on any atom is 0.141 e. The van der Waals surface area contributed by atoms with E-state index in [9.17, 15) is 5.11 Å². The zero-order valence-electron chi connectivity index (χ0n) is 12.4. The molecule has 0 radical (unpaired) electrons. The third kappa shape index (κ3) is 2.93. The smallest absolute Gasteiger partial charge is 0.141 e. The normalized spacial score (nSPS) is 11.1. The largest absolute Gasteiger partial charge is 0.506 e. The molecule has 0 unspecified atom stereocenters. The highest BCUT2D eigenvalue weighted by Gasteiger charge is 2.02. The van der Waals surface area contributed by atoms with Crippen LogP contribution in [0.1, 0.15) is 18.2 Å². The molecule has 3 heteroatoms. The maximum atomic E-state index is 9.89. The summed E-state index contributed by atoms with van der Waals surface area (Å²) in [7, 11) is 0. The summed E-state index contributed by atoms with van der Waals surface area (Å²) in [6.45, 7) is 2.60. The van der Waals surface area contributed by atoms with Crippen molar-refractivity contribution in [3.8, 4) is 11.5 Å². The van der Waals surface area contributed by atoms with Crippen LogP contribution in [-0.2, 0) is 0 Å². The highest BCUT2D eigenvalue weighted by molar-refractivity contribution is 5.85. The molecule has 0 amide bonds. The summed E-state index contributed by atoms with van der Waals surface area (Å²) in [5, 5.41) is 10.8. The minimum atomic E-state index is 0.197. The van der Waals surface area contributed by atoms with Crippen LogP contribution in [0.2, 0.25) is 0 Å². The van der Waals surface area contributed by atoms with Gasteiger partial charge in [0.1, 0.15) is 17.0 Å². The molecule has 0 bridgehead atoms. The Morgan fingerprint density at radius 1 is 1.00 bits per heavy atom. The average Bonchev–Trinajstić information content (AvgIpc) is 2.55. The van der Waals surface area contributed by atoms with Gasteiger partial charge in [0.2, 0.25) is 0 Å². The van der Waals surface area contributed by atoms with Gasteiger partial charge in [0.15, 0.2) is 0 Å². The monoisotopic (exact) mass is 291 g/mol. The Kier molecular flexibility index (Phi) is 4.05. The van der Waals surface area contributed by atoms with Gasteiger partial charge in [-0.3, -0.25) is 0 Å². The SMILES string of the molecule is CCOc1ccccc1C=Cc1ccc2cccc(O)c2n1. The minimum absolute atomic E-state index is 0.197. The predicted molar refractivity (Wildman–Crippen MR) is 89.9 cm³/mol. The van der Waals surface area contributed by atoms with Gasteiger partial charge in [-0.25, -0.2) is 4.98 Å². The molecule has 1 aromatic heterocycles. The molecule has 0 spiro atoms. The van der Waals surface area contributed by atoms with Gasteiger partial charge in [0.25, 0.3) is 0 Å². The van der Waals surface area contributed by atoms with E-state index in [1.807, 2.05) is 67.6 Å². The van der Waals surface area contributed by atoms with Crippen molar-refractivity contribution in [2.24, 2.45) is 0 Å². The third-order valence-corrected chi connectivity index (χ3v) is 3.37. The summed E-state index contributed by atoms with van der Waals surface area (Å²) in [6.07, 6.45) is 3.89. The number of nitrogens with zero attached hydrogens (tertiary/aromatic N) is 1. The number of aromatic hydroxyl groups is 1. The van der Waals surface area contributed by atoms with Gasteiger partial charge in [-0.05, 0) is 37.3 Å². The number of para-hydroxylation sites is 2. The van der Waals surface area contributed by atoms with E-state index in [-0.39, 0.29) is 5.75 Å². The van der Waals surface area contributed by atoms with E-state index in [1.54, 1.807) is 6.07 Å². The van der Waals surface area contributed by atoms with Crippen molar-refractivity contribution in [1.82, 2.24) is 4.98 Å². The number of phenolic OH excluding ortho intramolecular Hbond substituents is 1. The van der Waals surface area contributed by atoms with Crippen molar-refractivity contribution >= 4 is 23.1 Å². The van der Waals surface area contributed by atoms with E-state index in [4.69, 9.17) is 4.74 Å². The Balaban J connectivity index is 1.94. The lowest BCUT2D eigenvalue weighted by Crippen LogP contribution is -1.93. The fourth-order valence-electron chi connectivity index (χ4n) is 2.32. The Morgan fingerprint density at radius 3 is 2.73 bits per heavy atom. The number of benzene rings is 2. The molecule has 0 aliphatic heterocycles. The Hall–Kier alpha value is -2.81. The zero-order valence-corrected chi connectivity index (χ0v) is 12.4. The molecular weight excluding hydrogens is 274 g/mol. The predicted octanol–water partition coefficient (Wildman–Crippen LogP) is 4.51. The van der Waals surface area contributed by atoms with Crippen molar-refractivity contribution in [3.63, 3.8) is 0 Å². The van der Waals surface area contributed by atoms with Gasteiger partial charge in [0, 0.05) is 10.9 Å². The van der Waals surface area contributed by atoms with Gasteiger partial charge in [-0.1, -0.05) is 36.4 Å². The zero-order chi connectivity index (χ0) is 15.4. The summed E-state index contributed by atoms with van der Waals surface area (Å²) in [5.41, 5.74) is 2.41. The fraction of sp³-hybridized carbons (Fsp3) is 0.105. The van der Waals surface area contributed by atoms with Crippen LogP contribution in [0.25, 0.3) is 23.1 Å². The molecule has 1 N–H and O–H groups in total. The summed E-state index contributed by atoms with van der Waals surface area (Å²) in [5.74, 6) is 1.05. The number of aromatic nitrogens is 1. The highest BCUT2D eigenvalue weighted by Crippen LogP contribution is 2.24. The molecular formula is C19H17NO2.